The lowest BCUT2D eigenvalue weighted by atomic mass is 9.58. The number of aryl methyl sites for hydroxylation is 1. The molecule has 1 aromatic carbocycles. The highest BCUT2D eigenvalue weighted by Gasteiger charge is 2.55. The van der Waals surface area contributed by atoms with Gasteiger partial charge in [-0.3, -0.25) is 4.79 Å². The van der Waals surface area contributed by atoms with Crippen molar-refractivity contribution < 1.29 is 14.6 Å². The fourth-order valence-corrected chi connectivity index (χ4v) is 4.27. The van der Waals surface area contributed by atoms with Crippen LogP contribution >= 0.6 is 0 Å². The number of rotatable bonds is 5. The number of ether oxygens (including phenoxy) is 1. The third kappa shape index (κ3) is 3.04. The number of aromatic nitrogens is 2. The molecule has 1 aromatic heterocycles. The lowest BCUT2D eigenvalue weighted by molar-refractivity contribution is -0.156. The van der Waals surface area contributed by atoms with Crippen molar-refractivity contribution in [3.05, 3.63) is 30.6 Å². The number of benzene rings is 1. The SMILES string of the molecule is O=C(CCCn1cnc2ccccc21)N[C@@H]1C[C@@H](O)C12CCOCC2. The number of carbonyl (C=O) groups excluding carboxylic acids is 1. The molecule has 1 amide bonds. The Morgan fingerprint density at radius 3 is 2.96 bits per heavy atom. The van der Waals surface area contributed by atoms with Gasteiger partial charge in [0.15, 0.2) is 0 Å². The Morgan fingerprint density at radius 1 is 1.36 bits per heavy atom. The fourth-order valence-electron chi connectivity index (χ4n) is 4.27. The molecule has 1 saturated heterocycles. The van der Waals surface area contributed by atoms with Crippen LogP contribution in [0.3, 0.4) is 0 Å². The Hall–Kier alpha value is -1.92. The number of nitrogens with one attached hydrogen (secondary N) is 1. The molecule has 4 rings (SSSR count). The van der Waals surface area contributed by atoms with Crippen LogP contribution in [0.15, 0.2) is 30.6 Å². The smallest absolute Gasteiger partial charge is 0.220 e. The third-order valence-electron chi connectivity index (χ3n) is 5.91. The lowest BCUT2D eigenvalue weighted by Gasteiger charge is -2.55. The number of hydrogen-bond donors (Lipinski definition) is 2. The predicted octanol–water partition coefficient (Wildman–Crippen LogP) is 1.86. The zero-order chi connectivity index (χ0) is 17.3. The van der Waals surface area contributed by atoms with Crippen LogP contribution in [0.25, 0.3) is 11.0 Å². The molecule has 6 heteroatoms. The van der Waals surface area contributed by atoms with Crippen molar-refractivity contribution in [1.29, 1.82) is 0 Å². The molecule has 0 unspecified atom stereocenters. The summed E-state index contributed by atoms with van der Waals surface area (Å²) in [6.07, 6.45) is 5.13. The van der Waals surface area contributed by atoms with Gasteiger partial charge in [-0.2, -0.15) is 0 Å². The summed E-state index contributed by atoms with van der Waals surface area (Å²) in [5, 5.41) is 13.3. The molecule has 0 radical (unpaired) electrons. The molecule has 0 bridgehead atoms. The number of carbonyl (C=O) groups is 1. The molecule has 1 saturated carbocycles. The highest BCUT2D eigenvalue weighted by atomic mass is 16.5. The van der Waals surface area contributed by atoms with Crippen LogP contribution in [-0.2, 0) is 16.1 Å². The number of aliphatic hydroxyl groups is 1. The first-order chi connectivity index (χ1) is 12.2. The van der Waals surface area contributed by atoms with Crippen molar-refractivity contribution in [1.82, 2.24) is 14.9 Å². The first-order valence-corrected chi connectivity index (χ1v) is 9.14. The molecule has 134 valence electrons. The van der Waals surface area contributed by atoms with Crippen LogP contribution in [0.2, 0.25) is 0 Å². The normalized spacial score (nSPS) is 25.0. The summed E-state index contributed by atoms with van der Waals surface area (Å²) in [5.74, 6) is 0.0761. The summed E-state index contributed by atoms with van der Waals surface area (Å²) >= 11 is 0. The van der Waals surface area contributed by atoms with Crippen molar-refractivity contribution in [2.75, 3.05) is 13.2 Å². The van der Waals surface area contributed by atoms with Gasteiger partial charge in [-0.15, -0.1) is 0 Å². The second-order valence-electron chi connectivity index (χ2n) is 7.25. The molecule has 1 spiro atoms. The van der Waals surface area contributed by atoms with Crippen LogP contribution in [0, 0.1) is 5.41 Å². The largest absolute Gasteiger partial charge is 0.392 e. The Balaban J connectivity index is 1.28. The molecule has 2 aromatic rings. The van der Waals surface area contributed by atoms with E-state index < -0.39 is 0 Å². The topological polar surface area (TPSA) is 76.4 Å². The summed E-state index contributed by atoms with van der Waals surface area (Å²) in [6, 6.07) is 8.11. The molecule has 6 nitrogen and oxygen atoms in total. The van der Waals surface area contributed by atoms with Crippen molar-refractivity contribution in [2.45, 2.75) is 50.8 Å². The van der Waals surface area contributed by atoms with E-state index in [1.807, 2.05) is 30.6 Å². The maximum atomic E-state index is 12.3. The van der Waals surface area contributed by atoms with Crippen molar-refractivity contribution in [2.24, 2.45) is 5.41 Å². The minimum Gasteiger partial charge on any atom is -0.392 e. The molecular formula is C19H25N3O3. The van der Waals surface area contributed by atoms with E-state index in [2.05, 4.69) is 14.9 Å². The quantitative estimate of drug-likeness (QED) is 0.869. The Kier molecular flexibility index (Phi) is 4.48. The van der Waals surface area contributed by atoms with Crippen molar-refractivity contribution in [3.63, 3.8) is 0 Å². The van der Waals surface area contributed by atoms with Crippen LogP contribution in [0.4, 0.5) is 0 Å². The van der Waals surface area contributed by atoms with Gasteiger partial charge in [0.1, 0.15) is 0 Å². The fraction of sp³-hybridized carbons (Fsp3) is 0.579. The minimum atomic E-state index is -0.306. The first-order valence-electron chi connectivity index (χ1n) is 9.14. The van der Waals surface area contributed by atoms with Gasteiger partial charge in [0.25, 0.3) is 0 Å². The van der Waals surface area contributed by atoms with Gasteiger partial charge < -0.3 is 19.7 Å². The first kappa shape index (κ1) is 16.5. The summed E-state index contributed by atoms with van der Waals surface area (Å²) in [4.78, 5) is 16.7. The Morgan fingerprint density at radius 2 is 2.16 bits per heavy atom. The van der Waals surface area contributed by atoms with Crippen LogP contribution in [-0.4, -0.2) is 45.9 Å². The minimum absolute atomic E-state index is 0.0761. The second-order valence-corrected chi connectivity index (χ2v) is 7.25. The maximum absolute atomic E-state index is 12.3. The van der Waals surface area contributed by atoms with Crippen LogP contribution < -0.4 is 5.32 Å². The summed E-state index contributed by atoms with van der Waals surface area (Å²) in [6.45, 7) is 2.13. The van der Waals surface area contributed by atoms with E-state index >= 15 is 0 Å². The van der Waals surface area contributed by atoms with E-state index in [0.717, 1.165) is 36.8 Å². The average molecular weight is 343 g/mol. The Bertz CT molecular complexity index is 751. The number of para-hydroxylation sites is 2. The molecule has 2 N–H and O–H groups in total. The zero-order valence-electron chi connectivity index (χ0n) is 14.4. The summed E-state index contributed by atoms with van der Waals surface area (Å²) < 4.78 is 7.50. The Labute approximate surface area is 147 Å². The monoisotopic (exact) mass is 343 g/mol. The van der Waals surface area contributed by atoms with Crippen LogP contribution in [0.5, 0.6) is 0 Å². The molecule has 2 atom stereocenters. The molecule has 1 aliphatic carbocycles. The molecule has 25 heavy (non-hydrogen) atoms. The molecule has 2 aliphatic rings. The number of amides is 1. The van der Waals surface area contributed by atoms with E-state index in [-0.39, 0.29) is 23.5 Å². The van der Waals surface area contributed by atoms with E-state index in [1.165, 1.54) is 0 Å². The molecule has 2 fully saturated rings. The molecule has 1 aliphatic heterocycles. The maximum Gasteiger partial charge on any atom is 0.220 e. The molecular weight excluding hydrogens is 318 g/mol. The number of fused-ring (bicyclic) bond motifs is 1. The lowest BCUT2D eigenvalue weighted by Crippen LogP contribution is -2.65. The van der Waals surface area contributed by atoms with Gasteiger partial charge >= 0.3 is 0 Å². The zero-order valence-corrected chi connectivity index (χ0v) is 14.4. The van der Waals surface area contributed by atoms with Gasteiger partial charge in [0, 0.05) is 37.6 Å². The summed E-state index contributed by atoms with van der Waals surface area (Å²) in [5.41, 5.74) is 1.93. The second kappa shape index (κ2) is 6.77. The van der Waals surface area contributed by atoms with E-state index in [0.29, 0.717) is 26.1 Å². The highest BCUT2D eigenvalue weighted by molar-refractivity contribution is 5.77. The number of imidazole rings is 1. The van der Waals surface area contributed by atoms with E-state index in [9.17, 15) is 9.90 Å². The number of hydrogen-bond acceptors (Lipinski definition) is 4. The van der Waals surface area contributed by atoms with Gasteiger partial charge in [0.05, 0.1) is 23.5 Å². The third-order valence-corrected chi connectivity index (χ3v) is 5.91. The van der Waals surface area contributed by atoms with E-state index in [4.69, 9.17) is 4.74 Å². The van der Waals surface area contributed by atoms with Crippen molar-refractivity contribution in [3.8, 4) is 0 Å². The highest BCUT2D eigenvalue weighted by Crippen LogP contribution is 2.48. The standard InChI is InChI=1S/C19H25N3O3/c23-17-12-16(19(17)7-10-25-11-8-19)21-18(24)6-3-9-22-13-20-14-4-1-2-5-15(14)22/h1-2,4-5,13,16-17,23H,3,6-12H2,(H,21,24)/t16-,17-/m1/s1. The van der Waals surface area contributed by atoms with E-state index in [1.54, 1.807) is 0 Å². The summed E-state index contributed by atoms with van der Waals surface area (Å²) in [7, 11) is 0. The average Bonchev–Trinajstić information content (AvgIpc) is 3.05. The van der Waals surface area contributed by atoms with Gasteiger partial charge in [0.2, 0.25) is 5.91 Å². The molecule has 2 heterocycles. The van der Waals surface area contributed by atoms with Crippen molar-refractivity contribution >= 4 is 16.9 Å². The number of aliphatic hydroxyl groups excluding tert-OH is 1. The predicted molar refractivity (Wildman–Crippen MR) is 94.0 cm³/mol. The van der Waals surface area contributed by atoms with Crippen LogP contribution in [0.1, 0.15) is 32.1 Å². The number of nitrogens with zero attached hydrogens (tertiary/aromatic N) is 2. The van der Waals surface area contributed by atoms with Gasteiger partial charge in [-0.05, 0) is 37.8 Å². The van der Waals surface area contributed by atoms with Gasteiger partial charge in [-0.25, -0.2) is 4.98 Å². The van der Waals surface area contributed by atoms with Gasteiger partial charge in [-0.1, -0.05) is 12.1 Å².